The SMILES string of the molecule is O=C(NCc1cccc(Cn2ccnc2)c1)[C@@H]1COCCO1. The molecule has 116 valence electrons. The molecule has 0 unspecified atom stereocenters. The van der Waals surface area contributed by atoms with Crippen molar-refractivity contribution in [3.63, 3.8) is 0 Å². The highest BCUT2D eigenvalue weighted by Crippen LogP contribution is 2.08. The van der Waals surface area contributed by atoms with Gasteiger partial charge in [-0.2, -0.15) is 0 Å². The number of ether oxygens (including phenoxy) is 2. The maximum Gasteiger partial charge on any atom is 0.251 e. The minimum absolute atomic E-state index is 0.125. The Morgan fingerprint density at radius 1 is 1.36 bits per heavy atom. The monoisotopic (exact) mass is 301 g/mol. The fourth-order valence-corrected chi connectivity index (χ4v) is 2.37. The number of nitrogens with zero attached hydrogens (tertiary/aromatic N) is 2. The maximum atomic E-state index is 12.0. The molecule has 0 radical (unpaired) electrons. The van der Waals surface area contributed by atoms with E-state index in [-0.39, 0.29) is 5.91 Å². The highest BCUT2D eigenvalue weighted by molar-refractivity contribution is 5.80. The van der Waals surface area contributed by atoms with Gasteiger partial charge in [0.15, 0.2) is 6.10 Å². The van der Waals surface area contributed by atoms with Gasteiger partial charge in [-0.25, -0.2) is 4.98 Å². The molecule has 0 aliphatic carbocycles. The molecule has 1 aromatic heterocycles. The first kappa shape index (κ1) is 14.7. The van der Waals surface area contributed by atoms with Gasteiger partial charge in [0.2, 0.25) is 0 Å². The van der Waals surface area contributed by atoms with Crippen molar-refractivity contribution in [2.45, 2.75) is 19.2 Å². The van der Waals surface area contributed by atoms with Crippen LogP contribution >= 0.6 is 0 Å². The maximum absolute atomic E-state index is 12.0. The van der Waals surface area contributed by atoms with Gasteiger partial charge in [-0.05, 0) is 11.1 Å². The lowest BCUT2D eigenvalue weighted by atomic mass is 10.1. The van der Waals surface area contributed by atoms with Crippen LogP contribution in [0.5, 0.6) is 0 Å². The third kappa shape index (κ3) is 3.93. The zero-order valence-electron chi connectivity index (χ0n) is 12.3. The molecular formula is C16H19N3O3. The molecule has 0 saturated carbocycles. The summed E-state index contributed by atoms with van der Waals surface area (Å²) in [4.78, 5) is 16.0. The quantitative estimate of drug-likeness (QED) is 0.893. The molecule has 6 nitrogen and oxygen atoms in total. The van der Waals surface area contributed by atoms with E-state index in [0.29, 0.717) is 26.4 Å². The summed E-state index contributed by atoms with van der Waals surface area (Å²) in [5, 5.41) is 2.89. The number of carbonyl (C=O) groups excluding carboxylic acids is 1. The average Bonchev–Trinajstić information content (AvgIpc) is 3.07. The number of rotatable bonds is 5. The Morgan fingerprint density at radius 2 is 2.27 bits per heavy atom. The van der Waals surface area contributed by atoms with E-state index in [1.807, 2.05) is 22.9 Å². The van der Waals surface area contributed by atoms with Gasteiger partial charge in [0.25, 0.3) is 5.91 Å². The standard InChI is InChI=1S/C16H19N3O3/c20-16(15-11-21-6-7-22-15)18-9-13-2-1-3-14(8-13)10-19-5-4-17-12-19/h1-5,8,12,15H,6-7,9-11H2,(H,18,20)/t15-/m0/s1. The van der Waals surface area contributed by atoms with Gasteiger partial charge in [-0.1, -0.05) is 24.3 Å². The van der Waals surface area contributed by atoms with E-state index in [2.05, 4.69) is 22.4 Å². The number of hydrogen-bond acceptors (Lipinski definition) is 4. The predicted molar refractivity (Wildman–Crippen MR) is 80.2 cm³/mol. The van der Waals surface area contributed by atoms with Gasteiger partial charge >= 0.3 is 0 Å². The van der Waals surface area contributed by atoms with Crippen molar-refractivity contribution >= 4 is 5.91 Å². The number of imidazole rings is 1. The van der Waals surface area contributed by atoms with Crippen LogP contribution in [-0.4, -0.2) is 41.4 Å². The summed E-state index contributed by atoms with van der Waals surface area (Å²) in [5.41, 5.74) is 2.23. The Balaban J connectivity index is 1.54. The largest absolute Gasteiger partial charge is 0.376 e. The summed E-state index contributed by atoms with van der Waals surface area (Å²) in [5.74, 6) is -0.125. The number of hydrogen-bond donors (Lipinski definition) is 1. The summed E-state index contributed by atoms with van der Waals surface area (Å²) < 4.78 is 12.6. The first-order valence-electron chi connectivity index (χ1n) is 7.32. The first-order chi connectivity index (χ1) is 10.8. The topological polar surface area (TPSA) is 65.4 Å². The highest BCUT2D eigenvalue weighted by atomic mass is 16.6. The van der Waals surface area contributed by atoms with Crippen molar-refractivity contribution in [2.75, 3.05) is 19.8 Å². The molecule has 1 N–H and O–H groups in total. The van der Waals surface area contributed by atoms with Crippen LogP contribution in [0, 0.1) is 0 Å². The van der Waals surface area contributed by atoms with E-state index in [1.165, 1.54) is 5.56 Å². The third-order valence-corrected chi connectivity index (χ3v) is 3.49. The molecule has 3 rings (SSSR count). The number of nitrogens with one attached hydrogen (secondary N) is 1. The second-order valence-corrected chi connectivity index (χ2v) is 5.21. The molecule has 0 bridgehead atoms. The Hall–Kier alpha value is -2.18. The van der Waals surface area contributed by atoms with Crippen LogP contribution in [0.4, 0.5) is 0 Å². The molecule has 1 aromatic carbocycles. The van der Waals surface area contributed by atoms with Gasteiger partial charge < -0.3 is 19.4 Å². The number of carbonyl (C=O) groups is 1. The molecule has 1 atom stereocenters. The zero-order valence-corrected chi connectivity index (χ0v) is 12.3. The van der Waals surface area contributed by atoms with Gasteiger partial charge in [0.05, 0.1) is 26.1 Å². The summed E-state index contributed by atoms with van der Waals surface area (Å²) in [6, 6.07) is 8.13. The first-order valence-corrected chi connectivity index (χ1v) is 7.32. The lowest BCUT2D eigenvalue weighted by Crippen LogP contribution is -2.42. The summed E-state index contributed by atoms with van der Waals surface area (Å²) in [7, 11) is 0. The van der Waals surface area contributed by atoms with Crippen molar-refractivity contribution in [3.05, 3.63) is 54.1 Å². The second kappa shape index (κ2) is 7.20. The van der Waals surface area contributed by atoms with Gasteiger partial charge in [-0.15, -0.1) is 0 Å². The lowest BCUT2D eigenvalue weighted by molar-refractivity contribution is -0.147. The van der Waals surface area contributed by atoms with Crippen LogP contribution < -0.4 is 5.32 Å². The van der Waals surface area contributed by atoms with Crippen LogP contribution in [0.1, 0.15) is 11.1 Å². The van der Waals surface area contributed by atoms with Crippen LogP contribution in [0.2, 0.25) is 0 Å². The van der Waals surface area contributed by atoms with E-state index in [4.69, 9.17) is 9.47 Å². The van der Waals surface area contributed by atoms with Gasteiger partial charge in [0.1, 0.15) is 0 Å². The van der Waals surface area contributed by atoms with Crippen molar-refractivity contribution in [1.82, 2.24) is 14.9 Å². The van der Waals surface area contributed by atoms with E-state index in [1.54, 1.807) is 12.5 Å². The lowest BCUT2D eigenvalue weighted by Gasteiger charge is -2.22. The summed E-state index contributed by atoms with van der Waals surface area (Å²) in [6.45, 7) is 2.60. The second-order valence-electron chi connectivity index (χ2n) is 5.21. The van der Waals surface area contributed by atoms with E-state index < -0.39 is 6.10 Å². The predicted octanol–water partition coefficient (Wildman–Crippen LogP) is 0.963. The fraction of sp³-hybridized carbons (Fsp3) is 0.375. The van der Waals surface area contributed by atoms with Crippen LogP contribution in [0.15, 0.2) is 43.0 Å². The molecule has 1 aliphatic heterocycles. The van der Waals surface area contributed by atoms with Crippen molar-refractivity contribution in [3.8, 4) is 0 Å². The van der Waals surface area contributed by atoms with Crippen LogP contribution in [-0.2, 0) is 27.4 Å². The molecular weight excluding hydrogens is 282 g/mol. The summed E-state index contributed by atoms with van der Waals surface area (Å²) in [6.07, 6.45) is 4.97. The Morgan fingerprint density at radius 3 is 3.05 bits per heavy atom. The number of benzene rings is 1. The Labute approximate surface area is 129 Å². The van der Waals surface area contributed by atoms with Gasteiger partial charge in [-0.3, -0.25) is 4.79 Å². The van der Waals surface area contributed by atoms with E-state index in [9.17, 15) is 4.79 Å². The molecule has 6 heteroatoms. The minimum atomic E-state index is -0.497. The average molecular weight is 301 g/mol. The minimum Gasteiger partial charge on any atom is -0.376 e. The molecule has 0 spiro atoms. The molecule has 22 heavy (non-hydrogen) atoms. The summed E-state index contributed by atoms with van der Waals surface area (Å²) >= 11 is 0. The smallest absolute Gasteiger partial charge is 0.251 e. The normalized spacial score (nSPS) is 18.1. The van der Waals surface area contributed by atoms with E-state index >= 15 is 0 Å². The van der Waals surface area contributed by atoms with Crippen LogP contribution in [0.25, 0.3) is 0 Å². The molecule has 2 heterocycles. The molecule has 2 aromatic rings. The Bertz CT molecular complexity index is 607. The fourth-order valence-electron chi connectivity index (χ4n) is 2.37. The number of amides is 1. The highest BCUT2D eigenvalue weighted by Gasteiger charge is 2.22. The Kier molecular flexibility index (Phi) is 4.82. The number of aromatic nitrogens is 2. The zero-order chi connectivity index (χ0) is 15.2. The van der Waals surface area contributed by atoms with Gasteiger partial charge in [0, 0.05) is 25.5 Å². The van der Waals surface area contributed by atoms with Crippen molar-refractivity contribution < 1.29 is 14.3 Å². The van der Waals surface area contributed by atoms with Crippen LogP contribution in [0.3, 0.4) is 0 Å². The molecule has 1 aliphatic rings. The van der Waals surface area contributed by atoms with E-state index in [0.717, 1.165) is 12.1 Å². The third-order valence-electron chi connectivity index (χ3n) is 3.49. The molecule has 1 amide bonds. The van der Waals surface area contributed by atoms with Crippen molar-refractivity contribution in [1.29, 1.82) is 0 Å². The molecule has 1 saturated heterocycles. The van der Waals surface area contributed by atoms with Crippen molar-refractivity contribution in [2.24, 2.45) is 0 Å². The molecule has 1 fully saturated rings.